The van der Waals surface area contributed by atoms with Gasteiger partial charge in [-0.25, -0.2) is 0 Å². The summed E-state index contributed by atoms with van der Waals surface area (Å²) in [5.41, 5.74) is 0.884. The van der Waals surface area contributed by atoms with Gasteiger partial charge in [-0.1, -0.05) is 6.92 Å². The number of pyridine rings is 1. The van der Waals surface area contributed by atoms with Crippen molar-refractivity contribution in [2.75, 3.05) is 31.7 Å². The predicted molar refractivity (Wildman–Crippen MR) is 65.3 cm³/mol. The second-order valence-electron chi connectivity index (χ2n) is 3.61. The van der Waals surface area contributed by atoms with E-state index in [2.05, 4.69) is 16.8 Å². The molecule has 1 aromatic rings. The highest BCUT2D eigenvalue weighted by atomic mass is 16.6. The molecule has 17 heavy (non-hydrogen) atoms. The number of hydrogen-bond acceptors (Lipinski definition) is 5. The van der Waals surface area contributed by atoms with Crippen LogP contribution >= 0.6 is 0 Å². The first-order valence-electron chi connectivity index (χ1n) is 5.53. The smallest absolute Gasteiger partial charge is 0.363 e. The zero-order valence-electron chi connectivity index (χ0n) is 10.1. The van der Waals surface area contributed by atoms with Gasteiger partial charge in [-0.15, -0.1) is 0 Å². The van der Waals surface area contributed by atoms with Crippen molar-refractivity contribution in [3.63, 3.8) is 0 Å². The van der Waals surface area contributed by atoms with E-state index in [0.29, 0.717) is 6.61 Å². The fourth-order valence-corrected chi connectivity index (χ4v) is 1.51. The van der Waals surface area contributed by atoms with Gasteiger partial charge in [0.1, 0.15) is 0 Å². The number of rotatable bonds is 7. The van der Waals surface area contributed by atoms with Gasteiger partial charge in [-0.05, 0) is 22.4 Å². The molecular weight excluding hydrogens is 222 g/mol. The van der Waals surface area contributed by atoms with Crippen LogP contribution in [0, 0.1) is 10.1 Å². The van der Waals surface area contributed by atoms with Gasteiger partial charge in [0, 0.05) is 26.3 Å². The van der Waals surface area contributed by atoms with Crippen LogP contribution in [0.15, 0.2) is 18.3 Å². The number of methoxy groups -OCH3 is 1. The molecule has 0 N–H and O–H groups in total. The molecule has 0 saturated carbocycles. The van der Waals surface area contributed by atoms with E-state index in [4.69, 9.17) is 4.74 Å². The maximum absolute atomic E-state index is 10.5. The van der Waals surface area contributed by atoms with E-state index >= 15 is 0 Å². The topological polar surface area (TPSA) is 68.5 Å². The molecule has 1 aromatic heterocycles. The third kappa shape index (κ3) is 3.99. The molecule has 6 heteroatoms. The number of nitrogens with zero attached hydrogens (tertiary/aromatic N) is 3. The van der Waals surface area contributed by atoms with Gasteiger partial charge in [0.2, 0.25) is 0 Å². The Morgan fingerprint density at radius 2 is 2.24 bits per heavy atom. The van der Waals surface area contributed by atoms with Crippen molar-refractivity contribution in [1.29, 1.82) is 0 Å². The number of aromatic nitrogens is 1. The summed E-state index contributed by atoms with van der Waals surface area (Å²) >= 11 is 0. The first-order chi connectivity index (χ1) is 8.19. The molecule has 1 heterocycles. The quantitative estimate of drug-likeness (QED) is 0.536. The van der Waals surface area contributed by atoms with E-state index in [0.717, 1.165) is 25.2 Å². The Hall–Kier alpha value is -1.69. The van der Waals surface area contributed by atoms with Crippen LogP contribution in [-0.2, 0) is 4.74 Å². The third-order valence-corrected chi connectivity index (χ3v) is 2.34. The highest BCUT2D eigenvalue weighted by molar-refractivity contribution is 5.46. The first-order valence-corrected chi connectivity index (χ1v) is 5.53. The van der Waals surface area contributed by atoms with Crippen LogP contribution in [0.3, 0.4) is 0 Å². The molecule has 94 valence electrons. The largest absolute Gasteiger partial charge is 0.383 e. The maximum Gasteiger partial charge on any atom is 0.363 e. The molecule has 0 aromatic carbocycles. The van der Waals surface area contributed by atoms with E-state index in [1.165, 1.54) is 12.3 Å². The van der Waals surface area contributed by atoms with Gasteiger partial charge in [0.25, 0.3) is 0 Å². The van der Waals surface area contributed by atoms with Gasteiger partial charge in [0.05, 0.1) is 12.3 Å². The molecule has 0 spiro atoms. The van der Waals surface area contributed by atoms with Crippen LogP contribution in [-0.4, -0.2) is 36.7 Å². The maximum atomic E-state index is 10.5. The predicted octanol–water partition coefficient (Wildman–Crippen LogP) is 1.85. The molecule has 0 saturated heterocycles. The van der Waals surface area contributed by atoms with Crippen molar-refractivity contribution in [1.82, 2.24) is 4.98 Å². The van der Waals surface area contributed by atoms with Crippen LogP contribution in [0.25, 0.3) is 0 Å². The Labute approximate surface area is 100 Å². The summed E-state index contributed by atoms with van der Waals surface area (Å²) in [6.45, 7) is 4.34. The summed E-state index contributed by atoms with van der Waals surface area (Å²) in [5.74, 6) is -0.128. The van der Waals surface area contributed by atoms with Crippen LogP contribution in [0.1, 0.15) is 13.3 Å². The lowest BCUT2D eigenvalue weighted by molar-refractivity contribution is -0.389. The lowest BCUT2D eigenvalue weighted by atomic mass is 10.3. The van der Waals surface area contributed by atoms with Gasteiger partial charge < -0.3 is 19.8 Å². The van der Waals surface area contributed by atoms with Crippen molar-refractivity contribution in [2.45, 2.75) is 13.3 Å². The monoisotopic (exact) mass is 239 g/mol. The normalized spacial score (nSPS) is 10.2. The van der Waals surface area contributed by atoms with E-state index < -0.39 is 4.92 Å². The molecule has 0 radical (unpaired) electrons. The zero-order chi connectivity index (χ0) is 12.7. The molecule has 0 fully saturated rings. The summed E-state index contributed by atoms with van der Waals surface area (Å²) < 4.78 is 5.03. The van der Waals surface area contributed by atoms with E-state index in [1.54, 1.807) is 13.2 Å². The van der Waals surface area contributed by atoms with Crippen LogP contribution in [0.5, 0.6) is 0 Å². The average molecular weight is 239 g/mol. The number of hydrogen-bond donors (Lipinski definition) is 0. The molecule has 0 unspecified atom stereocenters. The van der Waals surface area contributed by atoms with Crippen LogP contribution in [0.2, 0.25) is 0 Å². The highest BCUT2D eigenvalue weighted by Crippen LogP contribution is 2.16. The fourth-order valence-electron chi connectivity index (χ4n) is 1.51. The Bertz CT molecular complexity index is 353. The van der Waals surface area contributed by atoms with E-state index in [-0.39, 0.29) is 5.82 Å². The Morgan fingerprint density at radius 3 is 2.71 bits per heavy atom. The molecular formula is C11H17N3O3. The molecule has 0 amide bonds. The lowest BCUT2D eigenvalue weighted by Gasteiger charge is -2.22. The summed E-state index contributed by atoms with van der Waals surface area (Å²) in [5, 5.41) is 10.5. The minimum atomic E-state index is -0.497. The number of nitro groups is 1. The average Bonchev–Trinajstić information content (AvgIpc) is 2.34. The highest BCUT2D eigenvalue weighted by Gasteiger charge is 2.10. The summed E-state index contributed by atoms with van der Waals surface area (Å²) in [6.07, 6.45) is 2.53. The van der Waals surface area contributed by atoms with Crippen molar-refractivity contribution < 1.29 is 9.66 Å². The second-order valence-corrected chi connectivity index (χ2v) is 3.61. The zero-order valence-corrected chi connectivity index (χ0v) is 10.1. The summed E-state index contributed by atoms with van der Waals surface area (Å²) in [6, 6.07) is 3.14. The molecule has 0 aliphatic heterocycles. The van der Waals surface area contributed by atoms with E-state index in [9.17, 15) is 10.1 Å². The van der Waals surface area contributed by atoms with Crippen molar-refractivity contribution in [3.8, 4) is 0 Å². The molecule has 0 aliphatic rings. The van der Waals surface area contributed by atoms with Crippen LogP contribution in [0.4, 0.5) is 11.5 Å². The molecule has 1 rings (SSSR count). The van der Waals surface area contributed by atoms with Crippen molar-refractivity contribution >= 4 is 11.5 Å². The Balaban J connectivity index is 2.75. The fraction of sp³-hybridized carbons (Fsp3) is 0.545. The van der Waals surface area contributed by atoms with Gasteiger partial charge in [0.15, 0.2) is 6.20 Å². The lowest BCUT2D eigenvalue weighted by Crippen LogP contribution is -2.28. The number of ether oxygens (including phenoxy) is 1. The SMILES string of the molecule is CCCN(CCOC)c1ccc([N+](=O)[O-])nc1. The minimum Gasteiger partial charge on any atom is -0.383 e. The first kappa shape index (κ1) is 13.4. The van der Waals surface area contributed by atoms with E-state index in [1.807, 2.05) is 0 Å². The molecule has 6 nitrogen and oxygen atoms in total. The van der Waals surface area contributed by atoms with Crippen molar-refractivity contribution in [3.05, 3.63) is 28.4 Å². The Morgan fingerprint density at radius 1 is 1.47 bits per heavy atom. The minimum absolute atomic E-state index is 0.128. The summed E-state index contributed by atoms with van der Waals surface area (Å²) in [4.78, 5) is 15.9. The standard InChI is InChI=1S/C11H17N3O3/c1-3-6-13(7-8-17-2)10-4-5-11(12-9-10)14(15)16/h4-5,9H,3,6-8H2,1-2H3. The molecule has 0 bridgehead atoms. The third-order valence-electron chi connectivity index (χ3n) is 2.34. The van der Waals surface area contributed by atoms with Gasteiger partial charge in [-0.2, -0.15) is 0 Å². The molecule has 0 atom stereocenters. The summed E-state index contributed by atoms with van der Waals surface area (Å²) in [7, 11) is 1.65. The van der Waals surface area contributed by atoms with Crippen LogP contribution < -0.4 is 4.90 Å². The number of anilines is 1. The van der Waals surface area contributed by atoms with Crippen molar-refractivity contribution in [2.24, 2.45) is 0 Å². The van der Waals surface area contributed by atoms with Gasteiger partial charge in [-0.3, -0.25) is 0 Å². The Kier molecular flexibility index (Phi) is 5.35. The second kappa shape index (κ2) is 6.80. The molecule has 0 aliphatic carbocycles. The van der Waals surface area contributed by atoms with Gasteiger partial charge >= 0.3 is 5.82 Å².